The normalized spacial score (nSPS) is 14.7. The predicted octanol–water partition coefficient (Wildman–Crippen LogP) is 2.64. The lowest BCUT2D eigenvalue weighted by Crippen LogP contribution is -2.23. The topological polar surface area (TPSA) is 6.48 Å². The van der Waals surface area contributed by atoms with Crippen molar-refractivity contribution in [2.24, 2.45) is 0 Å². The Morgan fingerprint density at radius 2 is 1.86 bits per heavy atom. The largest absolute Gasteiger partial charge is 0.379 e. The van der Waals surface area contributed by atoms with Crippen LogP contribution in [0.2, 0.25) is 0 Å². The van der Waals surface area contributed by atoms with Gasteiger partial charge in [0.05, 0.1) is 6.67 Å². The van der Waals surface area contributed by atoms with E-state index in [1.165, 1.54) is 19.4 Å². The van der Waals surface area contributed by atoms with Gasteiger partial charge >= 0.3 is 6.68 Å². The summed E-state index contributed by atoms with van der Waals surface area (Å²) in [5.41, 5.74) is 0. The summed E-state index contributed by atoms with van der Waals surface area (Å²) in [5.74, 6) is 0. The van der Waals surface area contributed by atoms with E-state index in [1.807, 2.05) is 0 Å². The molecule has 0 spiro atoms. The molecule has 14 heavy (non-hydrogen) atoms. The molecule has 0 aromatic rings. The zero-order valence-electron chi connectivity index (χ0n) is 8.59. The fraction of sp³-hybridized carbons (Fsp3) is 0.778. The first-order valence-electron chi connectivity index (χ1n) is 4.61. The van der Waals surface area contributed by atoms with Crippen LogP contribution in [-0.4, -0.2) is 36.7 Å². The lowest BCUT2D eigenvalue weighted by atomic mass is 10.3. The number of hydrogen-bond donors (Lipinski definition) is 0. The van der Waals surface area contributed by atoms with Crippen LogP contribution in [0.3, 0.4) is 0 Å². The van der Waals surface area contributed by atoms with E-state index in [-0.39, 0.29) is 0 Å². The van der Waals surface area contributed by atoms with Crippen LogP contribution in [0.5, 0.6) is 0 Å². The lowest BCUT2D eigenvalue weighted by molar-refractivity contribution is 0.00819. The highest BCUT2D eigenvalue weighted by Crippen LogP contribution is 2.04. The van der Waals surface area contributed by atoms with E-state index in [2.05, 4.69) is 36.2 Å². The van der Waals surface area contributed by atoms with Gasteiger partial charge in [0.2, 0.25) is 0 Å². The molecule has 1 aliphatic rings. The Bertz CT molecular complexity index is 159. The number of rotatable bonds is 3. The smallest absolute Gasteiger partial charge is 0.362 e. The fourth-order valence-corrected chi connectivity index (χ4v) is 1.10. The number of hydrogen-bond acceptors (Lipinski definition) is 2. The molecule has 0 bridgehead atoms. The highest BCUT2D eigenvalue weighted by atomic mass is 19.4. The van der Waals surface area contributed by atoms with Crippen molar-refractivity contribution >= 4 is 0 Å². The molecule has 0 atom stereocenters. The minimum atomic E-state index is -3.67. The van der Waals surface area contributed by atoms with Gasteiger partial charge < -0.3 is 9.80 Å². The number of alkyl halides is 3. The highest BCUT2D eigenvalue weighted by Gasteiger charge is 2.05. The van der Waals surface area contributed by atoms with Gasteiger partial charge in [0.1, 0.15) is 0 Å². The van der Waals surface area contributed by atoms with Gasteiger partial charge in [-0.2, -0.15) is 13.2 Å². The van der Waals surface area contributed by atoms with Crippen LogP contribution in [0.4, 0.5) is 13.2 Å². The van der Waals surface area contributed by atoms with Crippen LogP contribution >= 0.6 is 0 Å². The molecule has 0 saturated heterocycles. The van der Waals surface area contributed by atoms with Crippen LogP contribution in [0.15, 0.2) is 12.4 Å². The summed E-state index contributed by atoms with van der Waals surface area (Å²) >= 11 is 0. The Hall–Kier alpha value is -0.870. The van der Waals surface area contributed by atoms with Crippen LogP contribution in [0, 0.1) is 0 Å². The van der Waals surface area contributed by atoms with E-state index in [0.717, 1.165) is 6.67 Å². The maximum Gasteiger partial charge on any atom is 0.379 e. The second-order valence-corrected chi connectivity index (χ2v) is 3.11. The zero-order valence-corrected chi connectivity index (χ0v) is 8.59. The molecule has 0 aromatic heterocycles. The summed E-state index contributed by atoms with van der Waals surface area (Å²) in [5, 5.41) is 0. The maximum atomic E-state index is 9.67. The number of unbranched alkanes of at least 4 members (excludes halogenated alkanes) is 1. The van der Waals surface area contributed by atoms with E-state index in [1.54, 1.807) is 0 Å². The van der Waals surface area contributed by atoms with Crippen molar-refractivity contribution in [3.8, 4) is 0 Å². The van der Waals surface area contributed by atoms with Gasteiger partial charge in [-0.25, -0.2) is 0 Å². The Morgan fingerprint density at radius 3 is 2.21 bits per heavy atom. The van der Waals surface area contributed by atoms with E-state index < -0.39 is 6.68 Å². The van der Waals surface area contributed by atoms with Crippen LogP contribution in [-0.2, 0) is 0 Å². The zero-order chi connectivity index (χ0) is 11.0. The van der Waals surface area contributed by atoms with Crippen molar-refractivity contribution in [3.05, 3.63) is 12.4 Å². The molecule has 84 valence electrons. The third kappa shape index (κ3) is 7.76. The van der Waals surface area contributed by atoms with Crippen molar-refractivity contribution < 1.29 is 13.2 Å². The molecule has 0 N–H and O–H groups in total. The van der Waals surface area contributed by atoms with Gasteiger partial charge in [0.25, 0.3) is 0 Å². The van der Waals surface area contributed by atoms with Crippen molar-refractivity contribution in [2.45, 2.75) is 26.4 Å². The highest BCUT2D eigenvalue weighted by molar-refractivity contribution is 4.88. The first-order chi connectivity index (χ1) is 6.56. The predicted molar refractivity (Wildman–Crippen MR) is 50.5 cm³/mol. The maximum absolute atomic E-state index is 9.67. The Labute approximate surface area is 83.0 Å². The molecule has 0 aliphatic carbocycles. The molecule has 5 heteroatoms. The van der Waals surface area contributed by atoms with Gasteiger partial charge in [-0.15, -0.1) is 0 Å². The number of halogens is 3. The quantitative estimate of drug-likeness (QED) is 0.706. The molecule has 0 saturated carbocycles. The Morgan fingerprint density at radius 1 is 1.29 bits per heavy atom. The van der Waals surface area contributed by atoms with Gasteiger partial charge in [-0.05, 0) is 6.42 Å². The summed E-state index contributed by atoms with van der Waals surface area (Å²) in [6.45, 7) is 0.834. The SMILES string of the molecule is CCCCN1C=CN(C)C1.FC(F)F. The molecule has 1 aliphatic heterocycles. The average Bonchev–Trinajstić information content (AvgIpc) is 2.47. The third-order valence-electron chi connectivity index (χ3n) is 1.74. The standard InChI is InChI=1S/C8H16N2.CHF3/c1-3-4-5-10-7-6-9(2)8-10;2-1(3)4/h6-7H,3-5,8H2,1-2H3;1H. The first kappa shape index (κ1) is 13.1. The van der Waals surface area contributed by atoms with Crippen molar-refractivity contribution in [3.63, 3.8) is 0 Å². The molecule has 0 amide bonds. The molecule has 1 heterocycles. The second kappa shape index (κ2) is 7.53. The van der Waals surface area contributed by atoms with E-state index in [9.17, 15) is 13.2 Å². The van der Waals surface area contributed by atoms with E-state index >= 15 is 0 Å². The summed E-state index contributed by atoms with van der Waals surface area (Å²) in [6, 6.07) is 0. The van der Waals surface area contributed by atoms with E-state index in [0.29, 0.717) is 0 Å². The molecule has 1 rings (SSSR count). The monoisotopic (exact) mass is 210 g/mol. The molecule has 0 unspecified atom stereocenters. The van der Waals surface area contributed by atoms with Gasteiger partial charge in [-0.3, -0.25) is 0 Å². The minimum Gasteiger partial charge on any atom is -0.362 e. The lowest BCUT2D eigenvalue weighted by Gasteiger charge is -2.17. The average molecular weight is 210 g/mol. The second-order valence-electron chi connectivity index (χ2n) is 3.11. The Kier molecular flexibility index (Phi) is 7.06. The van der Waals surface area contributed by atoms with Crippen molar-refractivity contribution in [2.75, 3.05) is 20.3 Å². The molecule has 0 fully saturated rings. The van der Waals surface area contributed by atoms with Crippen LogP contribution in [0.1, 0.15) is 19.8 Å². The fourth-order valence-electron chi connectivity index (χ4n) is 1.10. The molecular formula is C9H17F3N2. The Balaban J connectivity index is 0.000000364. The molecule has 2 nitrogen and oxygen atoms in total. The third-order valence-corrected chi connectivity index (χ3v) is 1.74. The number of nitrogens with zero attached hydrogens (tertiary/aromatic N) is 2. The minimum absolute atomic E-state index is 1.07. The summed E-state index contributed by atoms with van der Waals surface area (Å²) in [7, 11) is 2.10. The van der Waals surface area contributed by atoms with Crippen molar-refractivity contribution in [1.82, 2.24) is 9.80 Å². The molecule has 0 radical (unpaired) electrons. The van der Waals surface area contributed by atoms with Gasteiger partial charge in [-0.1, -0.05) is 13.3 Å². The molecular weight excluding hydrogens is 193 g/mol. The summed E-state index contributed by atoms with van der Waals surface area (Å²) < 4.78 is 29.0. The summed E-state index contributed by atoms with van der Waals surface area (Å²) in [6.07, 6.45) is 6.87. The van der Waals surface area contributed by atoms with Gasteiger partial charge in [0.15, 0.2) is 0 Å². The van der Waals surface area contributed by atoms with Crippen LogP contribution < -0.4 is 0 Å². The van der Waals surface area contributed by atoms with E-state index in [4.69, 9.17) is 0 Å². The summed E-state index contributed by atoms with van der Waals surface area (Å²) in [4.78, 5) is 4.53. The van der Waals surface area contributed by atoms with Gasteiger partial charge in [0, 0.05) is 26.0 Å². The first-order valence-corrected chi connectivity index (χ1v) is 4.61. The van der Waals surface area contributed by atoms with Crippen molar-refractivity contribution in [1.29, 1.82) is 0 Å². The molecule has 0 aromatic carbocycles. The van der Waals surface area contributed by atoms with Crippen LogP contribution in [0.25, 0.3) is 0 Å².